The van der Waals surface area contributed by atoms with E-state index in [0.717, 1.165) is 0 Å². The van der Waals surface area contributed by atoms with Crippen LogP contribution < -0.4 is 10.1 Å². The fraction of sp³-hybridized carbons (Fsp3) is 0.115. The summed E-state index contributed by atoms with van der Waals surface area (Å²) in [6, 6.07) is 15.4. The van der Waals surface area contributed by atoms with Gasteiger partial charge in [-0.05, 0) is 47.7 Å². The highest BCUT2D eigenvalue weighted by molar-refractivity contribution is 7.86. The van der Waals surface area contributed by atoms with E-state index in [9.17, 15) is 22.9 Å². The van der Waals surface area contributed by atoms with Crippen molar-refractivity contribution in [2.24, 2.45) is 10.2 Å². The number of fused-ring (bicyclic) bond motifs is 1. The Kier molecular flexibility index (Phi) is 7.89. The highest BCUT2D eigenvalue weighted by Crippen LogP contribution is 2.41. The van der Waals surface area contributed by atoms with Crippen molar-refractivity contribution in [3.8, 4) is 11.5 Å². The number of aromatic hydroxyl groups is 1. The van der Waals surface area contributed by atoms with E-state index >= 15 is 0 Å². The molecule has 0 saturated carbocycles. The van der Waals surface area contributed by atoms with Gasteiger partial charge in [0.15, 0.2) is 5.75 Å². The summed E-state index contributed by atoms with van der Waals surface area (Å²) >= 11 is 12.3. The maximum Gasteiger partial charge on any atom is 0.296 e. The topological polar surface area (TPSA) is 138 Å². The van der Waals surface area contributed by atoms with Gasteiger partial charge in [-0.2, -0.15) is 8.42 Å². The molecule has 4 aromatic carbocycles. The number of amides is 1. The molecule has 0 aromatic heterocycles. The van der Waals surface area contributed by atoms with Crippen LogP contribution in [0.5, 0.6) is 11.5 Å². The summed E-state index contributed by atoms with van der Waals surface area (Å²) in [6.45, 7) is 1.77. The van der Waals surface area contributed by atoms with Crippen molar-refractivity contribution in [1.82, 2.24) is 0 Å². The number of rotatable bonds is 7. The highest BCUT2D eigenvalue weighted by atomic mass is 35.5. The second-order valence-corrected chi connectivity index (χ2v) is 10.3. The van der Waals surface area contributed by atoms with E-state index in [1.807, 2.05) is 0 Å². The van der Waals surface area contributed by atoms with Crippen molar-refractivity contribution in [3.63, 3.8) is 0 Å². The molecule has 1 amide bonds. The van der Waals surface area contributed by atoms with Gasteiger partial charge < -0.3 is 15.2 Å². The van der Waals surface area contributed by atoms with Crippen LogP contribution in [0.25, 0.3) is 10.8 Å². The van der Waals surface area contributed by atoms with Crippen LogP contribution in [0.4, 0.5) is 17.1 Å². The lowest BCUT2D eigenvalue weighted by Crippen LogP contribution is -2.12. The average molecular weight is 574 g/mol. The molecule has 0 bridgehead atoms. The van der Waals surface area contributed by atoms with E-state index in [1.165, 1.54) is 31.4 Å². The first kappa shape index (κ1) is 27.3. The lowest BCUT2D eigenvalue weighted by atomic mass is 10.0. The molecule has 196 valence electrons. The van der Waals surface area contributed by atoms with Crippen molar-refractivity contribution >= 4 is 67.1 Å². The normalized spacial score (nSPS) is 11.7. The minimum atomic E-state index is -4.67. The number of ether oxygens (including phenoxy) is 1. The number of aryl methyl sites for hydroxylation is 1. The second kappa shape index (κ2) is 11.0. The molecule has 4 aromatic rings. The quantitative estimate of drug-likeness (QED) is 0.156. The largest absolute Gasteiger partial charge is 0.505 e. The van der Waals surface area contributed by atoms with Gasteiger partial charge in [0.1, 0.15) is 22.0 Å². The molecular weight excluding hydrogens is 553 g/mol. The molecule has 0 radical (unpaired) electrons. The monoisotopic (exact) mass is 573 g/mol. The summed E-state index contributed by atoms with van der Waals surface area (Å²) in [5.74, 6) is -0.737. The molecule has 38 heavy (non-hydrogen) atoms. The number of anilines is 1. The number of hydrogen-bond acceptors (Lipinski definition) is 7. The number of phenols is 1. The summed E-state index contributed by atoms with van der Waals surface area (Å²) in [5, 5.41) is 23.4. The molecule has 9 nitrogen and oxygen atoms in total. The zero-order chi connectivity index (χ0) is 27.6. The lowest BCUT2D eigenvalue weighted by Gasteiger charge is -2.12. The van der Waals surface area contributed by atoms with Crippen LogP contribution in [0, 0.1) is 0 Å². The molecule has 3 N–H and O–H groups in total. The average Bonchev–Trinajstić information content (AvgIpc) is 2.86. The standard InChI is InChI=1S/C26H21Cl2N3O6S/c1-3-14-9-23(38(34,35)36)22(13-21(14)28)30-31-24-19-7-5-4-6-15(19)8-20(25(24)32)26(33)29-17-10-16(27)11-18(12-17)37-2/h4-13,32H,3H2,1-2H3,(H,29,33)(H,34,35,36). The Morgan fingerprint density at radius 1 is 1.05 bits per heavy atom. The van der Waals surface area contributed by atoms with E-state index in [2.05, 4.69) is 15.5 Å². The molecule has 0 fully saturated rings. The third-order valence-corrected chi connectivity index (χ3v) is 7.10. The summed E-state index contributed by atoms with van der Waals surface area (Å²) in [7, 11) is -3.21. The zero-order valence-electron chi connectivity index (χ0n) is 20.1. The zero-order valence-corrected chi connectivity index (χ0v) is 22.4. The first-order chi connectivity index (χ1) is 18.0. The predicted molar refractivity (Wildman–Crippen MR) is 146 cm³/mol. The number of phenolic OH excluding ortho intramolecular Hbond substituents is 1. The van der Waals surface area contributed by atoms with E-state index < -0.39 is 26.7 Å². The molecule has 0 aliphatic rings. The summed E-state index contributed by atoms with van der Waals surface area (Å²) in [5.41, 5.74) is 0.375. The van der Waals surface area contributed by atoms with Crippen LogP contribution in [-0.4, -0.2) is 31.1 Å². The number of methoxy groups -OCH3 is 1. The Morgan fingerprint density at radius 2 is 1.79 bits per heavy atom. The molecule has 0 spiro atoms. The smallest absolute Gasteiger partial charge is 0.296 e. The van der Waals surface area contributed by atoms with Crippen molar-refractivity contribution in [1.29, 1.82) is 0 Å². The molecule has 0 unspecified atom stereocenters. The van der Waals surface area contributed by atoms with Crippen LogP contribution >= 0.6 is 23.2 Å². The summed E-state index contributed by atoms with van der Waals surface area (Å²) in [6.07, 6.45) is 0.417. The van der Waals surface area contributed by atoms with Crippen molar-refractivity contribution in [3.05, 3.63) is 81.8 Å². The van der Waals surface area contributed by atoms with Gasteiger partial charge in [-0.1, -0.05) is 54.4 Å². The van der Waals surface area contributed by atoms with Gasteiger partial charge >= 0.3 is 0 Å². The van der Waals surface area contributed by atoms with Crippen molar-refractivity contribution < 1.29 is 27.6 Å². The van der Waals surface area contributed by atoms with Crippen LogP contribution in [0.3, 0.4) is 0 Å². The number of nitrogens with one attached hydrogen (secondary N) is 1. The molecule has 0 aliphatic carbocycles. The van der Waals surface area contributed by atoms with Gasteiger partial charge in [-0.25, -0.2) is 0 Å². The maximum absolute atomic E-state index is 13.2. The fourth-order valence-electron chi connectivity index (χ4n) is 3.79. The predicted octanol–water partition coefficient (Wildman–Crippen LogP) is 7.34. The Morgan fingerprint density at radius 3 is 2.47 bits per heavy atom. The van der Waals surface area contributed by atoms with Crippen LogP contribution in [0.1, 0.15) is 22.8 Å². The third kappa shape index (κ3) is 5.73. The van der Waals surface area contributed by atoms with Gasteiger partial charge in [-0.3, -0.25) is 9.35 Å². The first-order valence-electron chi connectivity index (χ1n) is 11.1. The number of azo groups is 1. The molecule has 0 heterocycles. The fourth-order valence-corrected chi connectivity index (χ4v) is 4.96. The number of halogens is 2. The lowest BCUT2D eigenvalue weighted by molar-refractivity contribution is 0.102. The van der Waals surface area contributed by atoms with E-state index in [1.54, 1.807) is 43.3 Å². The number of carbonyl (C=O) groups is 1. The van der Waals surface area contributed by atoms with Gasteiger partial charge in [-0.15, -0.1) is 10.2 Å². The van der Waals surface area contributed by atoms with Gasteiger partial charge in [0.2, 0.25) is 0 Å². The number of nitrogens with zero attached hydrogens (tertiary/aromatic N) is 2. The molecule has 0 saturated heterocycles. The Bertz CT molecular complexity index is 1710. The molecule has 0 aliphatic heterocycles. The van der Waals surface area contributed by atoms with Crippen molar-refractivity contribution in [2.45, 2.75) is 18.2 Å². The van der Waals surface area contributed by atoms with Gasteiger partial charge in [0.25, 0.3) is 16.0 Å². The summed E-state index contributed by atoms with van der Waals surface area (Å²) < 4.78 is 38.9. The minimum absolute atomic E-state index is 0.0890. The van der Waals surface area contributed by atoms with E-state index in [4.69, 9.17) is 27.9 Å². The Hall–Kier alpha value is -3.70. The van der Waals surface area contributed by atoms with E-state index in [0.29, 0.717) is 39.2 Å². The van der Waals surface area contributed by atoms with Crippen LogP contribution in [0.2, 0.25) is 10.0 Å². The number of hydrogen-bond donors (Lipinski definition) is 3. The maximum atomic E-state index is 13.2. The molecular formula is C26H21Cl2N3O6S. The first-order valence-corrected chi connectivity index (χ1v) is 13.3. The SMILES string of the molecule is CCc1cc(S(=O)(=O)O)c(N=Nc2c(O)c(C(=O)Nc3cc(Cl)cc(OC)c3)cc3ccccc23)cc1Cl. The van der Waals surface area contributed by atoms with Gasteiger partial charge in [0.05, 0.1) is 12.7 Å². The molecule has 4 rings (SSSR count). The van der Waals surface area contributed by atoms with Crippen molar-refractivity contribution in [2.75, 3.05) is 12.4 Å². The third-order valence-electron chi connectivity index (χ3n) is 5.65. The second-order valence-electron chi connectivity index (χ2n) is 8.12. The van der Waals surface area contributed by atoms with Crippen LogP contribution in [0.15, 0.2) is 75.8 Å². The van der Waals surface area contributed by atoms with Crippen LogP contribution in [-0.2, 0) is 16.5 Å². The minimum Gasteiger partial charge on any atom is -0.505 e. The number of carbonyl (C=O) groups excluding carboxylic acids is 1. The highest BCUT2D eigenvalue weighted by Gasteiger charge is 2.21. The number of benzene rings is 4. The Balaban J connectivity index is 1.83. The molecule has 12 heteroatoms. The Labute approximate surface area is 228 Å². The van der Waals surface area contributed by atoms with E-state index in [-0.39, 0.29) is 22.0 Å². The molecule has 0 atom stereocenters. The van der Waals surface area contributed by atoms with Gasteiger partial charge in [0, 0.05) is 27.2 Å². The summed E-state index contributed by atoms with van der Waals surface area (Å²) in [4.78, 5) is 12.7.